The highest BCUT2D eigenvalue weighted by Crippen LogP contribution is 2.12. The van der Waals surface area contributed by atoms with Crippen LogP contribution in [0.1, 0.15) is 6.42 Å². The fraction of sp³-hybridized carbons (Fsp3) is 0.875. The molecule has 3 nitrogen and oxygen atoms in total. The largest absolute Gasteiger partial charge is 0.366 e. The number of nitrogens with zero attached hydrogens (tertiary/aromatic N) is 2. The van der Waals surface area contributed by atoms with Crippen molar-refractivity contribution >= 4 is 17.3 Å². The lowest BCUT2D eigenvalue weighted by molar-refractivity contribution is 0.301. The van der Waals surface area contributed by atoms with Gasteiger partial charge in [-0.15, -0.1) is 0 Å². The summed E-state index contributed by atoms with van der Waals surface area (Å²) in [6.07, 6.45) is 1.22. The van der Waals surface area contributed by atoms with Gasteiger partial charge in [0, 0.05) is 26.2 Å². The first-order chi connectivity index (χ1) is 5.65. The number of likely N-dealkylation sites (N-methyl/N-ethyl adjacent to an activating group) is 1. The van der Waals surface area contributed by atoms with Crippen LogP contribution in [0.3, 0.4) is 0 Å². The third kappa shape index (κ3) is 2.08. The van der Waals surface area contributed by atoms with Gasteiger partial charge in [-0.3, -0.25) is 0 Å². The summed E-state index contributed by atoms with van der Waals surface area (Å²) in [5.74, 6) is 0. The summed E-state index contributed by atoms with van der Waals surface area (Å²) in [4.78, 5) is 4.48. The summed E-state index contributed by atoms with van der Waals surface area (Å²) in [5.41, 5.74) is 0. The van der Waals surface area contributed by atoms with Crippen molar-refractivity contribution in [1.82, 2.24) is 15.1 Å². The average molecular weight is 187 g/mol. The van der Waals surface area contributed by atoms with Gasteiger partial charge >= 0.3 is 0 Å². The molecule has 1 saturated heterocycles. The Morgan fingerprint density at radius 3 is 2.67 bits per heavy atom. The van der Waals surface area contributed by atoms with Gasteiger partial charge in [0.15, 0.2) is 5.11 Å². The van der Waals surface area contributed by atoms with Crippen molar-refractivity contribution < 1.29 is 0 Å². The second-order valence-electron chi connectivity index (χ2n) is 3.41. The maximum Gasteiger partial charge on any atom is 0.168 e. The van der Waals surface area contributed by atoms with Crippen LogP contribution in [0.5, 0.6) is 0 Å². The van der Waals surface area contributed by atoms with Gasteiger partial charge in [-0.05, 0) is 32.7 Å². The summed E-state index contributed by atoms with van der Waals surface area (Å²) in [6.45, 7) is 2.15. The molecule has 1 N–H and O–H groups in total. The molecule has 0 aromatic carbocycles. The maximum atomic E-state index is 5.15. The van der Waals surface area contributed by atoms with Crippen LogP contribution in [-0.4, -0.2) is 55.2 Å². The molecule has 0 aliphatic carbocycles. The quantitative estimate of drug-likeness (QED) is 0.588. The van der Waals surface area contributed by atoms with Crippen LogP contribution in [0.25, 0.3) is 0 Å². The van der Waals surface area contributed by atoms with Gasteiger partial charge in [0.2, 0.25) is 0 Å². The fourth-order valence-corrected chi connectivity index (χ4v) is 1.67. The molecule has 1 heterocycles. The molecule has 4 heteroatoms. The number of likely N-dealkylation sites (tertiary alicyclic amines) is 1. The zero-order valence-corrected chi connectivity index (χ0v) is 8.82. The minimum Gasteiger partial charge on any atom is -0.366 e. The summed E-state index contributed by atoms with van der Waals surface area (Å²) in [7, 11) is 6.12. The number of thiocarbonyl (C=S) groups is 1. The highest BCUT2D eigenvalue weighted by atomic mass is 32.1. The number of nitrogens with one attached hydrogen (secondary N) is 1. The monoisotopic (exact) mass is 187 g/mol. The molecular weight excluding hydrogens is 170 g/mol. The molecule has 1 aliphatic rings. The SMILES string of the molecule is CNC(=S)N1CCC(N(C)C)C1. The Morgan fingerprint density at radius 2 is 2.25 bits per heavy atom. The van der Waals surface area contributed by atoms with E-state index in [2.05, 4.69) is 29.2 Å². The molecule has 0 saturated carbocycles. The summed E-state index contributed by atoms with van der Waals surface area (Å²) >= 11 is 5.15. The topological polar surface area (TPSA) is 18.5 Å². The predicted molar refractivity (Wildman–Crippen MR) is 55.3 cm³/mol. The first kappa shape index (κ1) is 9.74. The van der Waals surface area contributed by atoms with Crippen LogP contribution in [0.2, 0.25) is 0 Å². The first-order valence-electron chi connectivity index (χ1n) is 4.28. The highest BCUT2D eigenvalue weighted by Gasteiger charge is 2.24. The Hall–Kier alpha value is -0.350. The van der Waals surface area contributed by atoms with E-state index in [1.54, 1.807) is 0 Å². The third-order valence-corrected chi connectivity index (χ3v) is 2.86. The molecule has 70 valence electrons. The average Bonchev–Trinajstić information content (AvgIpc) is 2.51. The van der Waals surface area contributed by atoms with Crippen molar-refractivity contribution in [3.63, 3.8) is 0 Å². The van der Waals surface area contributed by atoms with E-state index in [1.165, 1.54) is 6.42 Å². The van der Waals surface area contributed by atoms with E-state index in [9.17, 15) is 0 Å². The van der Waals surface area contributed by atoms with Gasteiger partial charge in [0.1, 0.15) is 0 Å². The molecule has 12 heavy (non-hydrogen) atoms. The molecule has 1 unspecified atom stereocenters. The van der Waals surface area contributed by atoms with Crippen molar-refractivity contribution in [2.75, 3.05) is 34.2 Å². The molecule has 0 aromatic rings. The van der Waals surface area contributed by atoms with Crippen molar-refractivity contribution in [2.45, 2.75) is 12.5 Å². The second kappa shape index (κ2) is 4.05. The normalized spacial score (nSPS) is 23.3. The molecule has 0 aromatic heterocycles. The molecule has 1 rings (SSSR count). The Labute approximate surface area is 79.7 Å². The maximum absolute atomic E-state index is 5.15. The van der Waals surface area contributed by atoms with Crippen molar-refractivity contribution in [2.24, 2.45) is 0 Å². The molecule has 0 spiro atoms. The Morgan fingerprint density at radius 1 is 1.58 bits per heavy atom. The van der Waals surface area contributed by atoms with E-state index in [0.29, 0.717) is 6.04 Å². The molecule has 0 amide bonds. The highest BCUT2D eigenvalue weighted by molar-refractivity contribution is 7.80. The van der Waals surface area contributed by atoms with E-state index < -0.39 is 0 Å². The Balaban J connectivity index is 2.40. The summed E-state index contributed by atoms with van der Waals surface area (Å²) < 4.78 is 0. The lowest BCUT2D eigenvalue weighted by atomic mass is 10.2. The standard InChI is InChI=1S/C8H17N3S/c1-9-8(12)11-5-4-7(6-11)10(2)3/h7H,4-6H2,1-3H3,(H,9,12). The predicted octanol–water partition coefficient (Wildman–Crippen LogP) is 0.127. The zero-order valence-electron chi connectivity index (χ0n) is 8.00. The number of hydrogen-bond donors (Lipinski definition) is 1. The lowest BCUT2D eigenvalue weighted by Crippen LogP contribution is -2.38. The van der Waals surface area contributed by atoms with E-state index in [4.69, 9.17) is 12.2 Å². The minimum absolute atomic E-state index is 0.663. The smallest absolute Gasteiger partial charge is 0.168 e. The van der Waals surface area contributed by atoms with Crippen LogP contribution >= 0.6 is 12.2 Å². The van der Waals surface area contributed by atoms with Gasteiger partial charge < -0.3 is 15.1 Å². The molecule has 0 radical (unpaired) electrons. The number of rotatable bonds is 1. The third-order valence-electron chi connectivity index (χ3n) is 2.39. The number of hydrogen-bond acceptors (Lipinski definition) is 2. The van der Waals surface area contributed by atoms with E-state index in [0.717, 1.165) is 18.2 Å². The van der Waals surface area contributed by atoms with Gasteiger partial charge in [-0.2, -0.15) is 0 Å². The van der Waals surface area contributed by atoms with Crippen molar-refractivity contribution in [1.29, 1.82) is 0 Å². The second-order valence-corrected chi connectivity index (χ2v) is 3.79. The van der Waals surface area contributed by atoms with Gasteiger partial charge in [0.05, 0.1) is 0 Å². The van der Waals surface area contributed by atoms with Crippen LogP contribution in [0, 0.1) is 0 Å². The first-order valence-corrected chi connectivity index (χ1v) is 4.69. The summed E-state index contributed by atoms with van der Waals surface area (Å²) in [6, 6.07) is 0.663. The van der Waals surface area contributed by atoms with E-state index in [1.807, 2.05) is 7.05 Å². The van der Waals surface area contributed by atoms with Crippen LogP contribution < -0.4 is 5.32 Å². The van der Waals surface area contributed by atoms with Gasteiger partial charge in [0.25, 0.3) is 0 Å². The fourth-order valence-electron chi connectivity index (χ4n) is 1.51. The molecule has 1 atom stereocenters. The minimum atomic E-state index is 0.663. The van der Waals surface area contributed by atoms with Crippen molar-refractivity contribution in [3.05, 3.63) is 0 Å². The van der Waals surface area contributed by atoms with Crippen LogP contribution in [-0.2, 0) is 0 Å². The Bertz CT molecular complexity index is 170. The van der Waals surface area contributed by atoms with Crippen LogP contribution in [0.4, 0.5) is 0 Å². The molecule has 1 fully saturated rings. The Kier molecular flexibility index (Phi) is 3.29. The van der Waals surface area contributed by atoms with E-state index >= 15 is 0 Å². The van der Waals surface area contributed by atoms with Crippen LogP contribution in [0.15, 0.2) is 0 Å². The molecule has 0 bridgehead atoms. The zero-order chi connectivity index (χ0) is 9.14. The molecular formula is C8H17N3S. The van der Waals surface area contributed by atoms with Gasteiger partial charge in [-0.1, -0.05) is 0 Å². The molecule has 1 aliphatic heterocycles. The van der Waals surface area contributed by atoms with Gasteiger partial charge in [-0.25, -0.2) is 0 Å². The van der Waals surface area contributed by atoms with Crippen molar-refractivity contribution in [3.8, 4) is 0 Å². The lowest BCUT2D eigenvalue weighted by Gasteiger charge is -2.21. The van der Waals surface area contributed by atoms with E-state index in [-0.39, 0.29) is 0 Å². The summed E-state index contributed by atoms with van der Waals surface area (Å²) in [5, 5.41) is 3.88.